The molecule has 4 nitrogen and oxygen atoms in total. The van der Waals surface area contributed by atoms with E-state index in [2.05, 4.69) is 22.8 Å². The summed E-state index contributed by atoms with van der Waals surface area (Å²) in [5, 5.41) is 6.34. The lowest BCUT2D eigenvalue weighted by Gasteiger charge is -2.21. The molecule has 3 aliphatic rings. The molecule has 104 valence electrons. The molecule has 3 unspecified atom stereocenters. The van der Waals surface area contributed by atoms with Crippen molar-refractivity contribution in [2.24, 2.45) is 17.8 Å². The standard InChI is InChI=1S/C16H18N2O2/c19-16-9-20-15-4-3-13(7-14(15)18-16)17-8-12-6-10-1-2-11(12)5-10/h1-4,7,10-12,17H,5-6,8-9H2,(H,18,19). The number of amides is 1. The van der Waals surface area contributed by atoms with Crippen LogP contribution >= 0.6 is 0 Å². The number of hydrogen-bond acceptors (Lipinski definition) is 3. The summed E-state index contributed by atoms with van der Waals surface area (Å²) in [6.45, 7) is 1.11. The van der Waals surface area contributed by atoms with Gasteiger partial charge in [-0.15, -0.1) is 0 Å². The third-order valence-corrected chi connectivity index (χ3v) is 4.60. The Morgan fingerprint density at radius 2 is 2.25 bits per heavy atom. The molecule has 2 bridgehead atoms. The van der Waals surface area contributed by atoms with Gasteiger partial charge in [-0.05, 0) is 48.8 Å². The molecule has 20 heavy (non-hydrogen) atoms. The Morgan fingerprint density at radius 3 is 3.05 bits per heavy atom. The molecule has 0 aromatic heterocycles. The van der Waals surface area contributed by atoms with Crippen LogP contribution in [0.25, 0.3) is 0 Å². The molecular weight excluding hydrogens is 252 g/mol. The normalized spacial score (nSPS) is 29.8. The number of hydrogen-bond donors (Lipinski definition) is 2. The van der Waals surface area contributed by atoms with Gasteiger partial charge >= 0.3 is 0 Å². The summed E-state index contributed by atoms with van der Waals surface area (Å²) in [4.78, 5) is 11.3. The maximum absolute atomic E-state index is 11.3. The lowest BCUT2D eigenvalue weighted by molar-refractivity contribution is -0.118. The summed E-state index contributed by atoms with van der Waals surface area (Å²) in [6.07, 6.45) is 7.38. The van der Waals surface area contributed by atoms with E-state index >= 15 is 0 Å². The van der Waals surface area contributed by atoms with E-state index in [9.17, 15) is 4.79 Å². The Hall–Kier alpha value is -1.97. The van der Waals surface area contributed by atoms with Gasteiger partial charge in [0.25, 0.3) is 5.91 Å². The Bertz CT molecular complexity index is 582. The van der Waals surface area contributed by atoms with Crippen LogP contribution < -0.4 is 15.4 Å². The topological polar surface area (TPSA) is 50.4 Å². The van der Waals surface area contributed by atoms with Crippen LogP contribution in [0.4, 0.5) is 11.4 Å². The molecule has 1 aromatic rings. The molecular formula is C16H18N2O2. The maximum Gasteiger partial charge on any atom is 0.262 e. The maximum atomic E-state index is 11.3. The van der Waals surface area contributed by atoms with Crippen LogP contribution in [0, 0.1) is 17.8 Å². The molecule has 2 aliphatic carbocycles. The fourth-order valence-corrected chi connectivity index (χ4v) is 3.57. The molecule has 1 aliphatic heterocycles. The largest absolute Gasteiger partial charge is 0.482 e. The highest BCUT2D eigenvalue weighted by Gasteiger charge is 2.35. The molecule has 0 saturated heterocycles. The van der Waals surface area contributed by atoms with Gasteiger partial charge in [-0.3, -0.25) is 4.79 Å². The average molecular weight is 270 g/mol. The van der Waals surface area contributed by atoms with Gasteiger partial charge in [0.1, 0.15) is 5.75 Å². The number of nitrogens with one attached hydrogen (secondary N) is 2. The van der Waals surface area contributed by atoms with Crippen LogP contribution in [0.2, 0.25) is 0 Å². The number of anilines is 2. The first kappa shape index (κ1) is 11.8. The van der Waals surface area contributed by atoms with Gasteiger partial charge in [0.2, 0.25) is 0 Å². The number of ether oxygens (including phenoxy) is 1. The molecule has 1 aromatic carbocycles. The van der Waals surface area contributed by atoms with Gasteiger partial charge in [-0.2, -0.15) is 0 Å². The third kappa shape index (κ3) is 2.05. The predicted octanol–water partition coefficient (Wildman–Crippen LogP) is 2.64. The fraction of sp³-hybridized carbons (Fsp3) is 0.438. The number of carbonyl (C=O) groups excluding carboxylic acids is 1. The monoisotopic (exact) mass is 270 g/mol. The zero-order valence-corrected chi connectivity index (χ0v) is 11.3. The van der Waals surface area contributed by atoms with E-state index in [0.717, 1.165) is 41.4 Å². The van der Waals surface area contributed by atoms with E-state index in [1.54, 1.807) is 0 Å². The highest BCUT2D eigenvalue weighted by Crippen LogP contribution is 2.43. The van der Waals surface area contributed by atoms with E-state index in [4.69, 9.17) is 4.74 Å². The van der Waals surface area contributed by atoms with Gasteiger partial charge in [0.15, 0.2) is 6.61 Å². The van der Waals surface area contributed by atoms with Crippen LogP contribution in [0.1, 0.15) is 12.8 Å². The smallest absolute Gasteiger partial charge is 0.262 e. The third-order valence-electron chi connectivity index (χ3n) is 4.60. The van der Waals surface area contributed by atoms with E-state index in [-0.39, 0.29) is 12.5 Å². The lowest BCUT2D eigenvalue weighted by atomic mass is 9.93. The molecule has 2 N–H and O–H groups in total. The van der Waals surface area contributed by atoms with Gasteiger partial charge in [-0.1, -0.05) is 12.2 Å². The SMILES string of the molecule is O=C1COc2ccc(NCC3CC4C=CC3C4)cc2N1. The molecule has 1 heterocycles. The highest BCUT2D eigenvalue weighted by atomic mass is 16.5. The Morgan fingerprint density at radius 1 is 1.30 bits per heavy atom. The Labute approximate surface area is 118 Å². The molecule has 0 spiro atoms. The van der Waals surface area contributed by atoms with Crippen molar-refractivity contribution in [1.82, 2.24) is 0 Å². The Balaban J connectivity index is 1.43. The molecule has 1 fully saturated rings. The molecule has 1 amide bonds. The second-order valence-electron chi connectivity index (χ2n) is 5.97. The first-order valence-corrected chi connectivity index (χ1v) is 7.27. The zero-order chi connectivity index (χ0) is 13.5. The second kappa shape index (κ2) is 4.54. The van der Waals surface area contributed by atoms with E-state index < -0.39 is 0 Å². The molecule has 4 rings (SSSR count). The van der Waals surface area contributed by atoms with Crippen LogP contribution in [-0.2, 0) is 4.79 Å². The summed E-state index contributed by atoms with van der Waals surface area (Å²) in [7, 11) is 0. The van der Waals surface area contributed by atoms with E-state index in [0.29, 0.717) is 0 Å². The summed E-state index contributed by atoms with van der Waals surface area (Å²) >= 11 is 0. The minimum atomic E-state index is -0.0899. The van der Waals surface area contributed by atoms with Crippen molar-refractivity contribution < 1.29 is 9.53 Å². The van der Waals surface area contributed by atoms with Gasteiger partial charge in [0.05, 0.1) is 5.69 Å². The summed E-state index contributed by atoms with van der Waals surface area (Å²) < 4.78 is 5.36. The number of fused-ring (bicyclic) bond motifs is 3. The highest BCUT2D eigenvalue weighted by molar-refractivity contribution is 5.96. The van der Waals surface area contributed by atoms with E-state index in [1.807, 2.05) is 18.2 Å². The quantitative estimate of drug-likeness (QED) is 0.830. The lowest BCUT2D eigenvalue weighted by Crippen LogP contribution is -2.25. The van der Waals surface area contributed by atoms with Gasteiger partial charge in [-0.25, -0.2) is 0 Å². The van der Waals surface area contributed by atoms with Crippen molar-refractivity contribution in [1.29, 1.82) is 0 Å². The Kier molecular flexibility index (Phi) is 2.69. The van der Waals surface area contributed by atoms with Crippen molar-refractivity contribution in [3.8, 4) is 5.75 Å². The summed E-state index contributed by atoms with van der Waals surface area (Å²) in [6, 6.07) is 5.88. The van der Waals surface area contributed by atoms with Crippen molar-refractivity contribution >= 4 is 17.3 Å². The van der Waals surface area contributed by atoms with Crippen LogP contribution in [0.5, 0.6) is 5.75 Å². The van der Waals surface area contributed by atoms with Crippen molar-refractivity contribution in [2.45, 2.75) is 12.8 Å². The summed E-state index contributed by atoms with van der Waals surface area (Å²) in [5.74, 6) is 2.97. The summed E-state index contributed by atoms with van der Waals surface area (Å²) in [5.41, 5.74) is 1.81. The van der Waals surface area contributed by atoms with Crippen LogP contribution in [0.15, 0.2) is 30.4 Å². The first-order valence-electron chi connectivity index (χ1n) is 7.27. The minimum Gasteiger partial charge on any atom is -0.482 e. The van der Waals surface area contributed by atoms with E-state index in [1.165, 1.54) is 12.8 Å². The number of allylic oxidation sites excluding steroid dienone is 2. The van der Waals surface area contributed by atoms with Gasteiger partial charge < -0.3 is 15.4 Å². The number of rotatable bonds is 3. The fourth-order valence-electron chi connectivity index (χ4n) is 3.57. The molecule has 1 saturated carbocycles. The second-order valence-corrected chi connectivity index (χ2v) is 5.97. The van der Waals surface area contributed by atoms with Crippen molar-refractivity contribution in [3.63, 3.8) is 0 Å². The number of carbonyl (C=O) groups is 1. The van der Waals surface area contributed by atoms with Crippen molar-refractivity contribution in [3.05, 3.63) is 30.4 Å². The average Bonchev–Trinajstić information content (AvgIpc) is 3.07. The van der Waals surface area contributed by atoms with Crippen LogP contribution in [0.3, 0.4) is 0 Å². The van der Waals surface area contributed by atoms with Crippen molar-refractivity contribution in [2.75, 3.05) is 23.8 Å². The predicted molar refractivity (Wildman–Crippen MR) is 77.9 cm³/mol. The number of benzene rings is 1. The minimum absolute atomic E-state index is 0.0899. The first-order chi connectivity index (χ1) is 9.78. The molecule has 0 radical (unpaired) electrons. The van der Waals surface area contributed by atoms with Gasteiger partial charge in [0, 0.05) is 12.2 Å². The van der Waals surface area contributed by atoms with Crippen LogP contribution in [-0.4, -0.2) is 19.1 Å². The molecule has 3 atom stereocenters. The zero-order valence-electron chi connectivity index (χ0n) is 11.3. The molecule has 4 heteroatoms.